The van der Waals surface area contributed by atoms with Crippen molar-refractivity contribution in [3.63, 3.8) is 0 Å². The second kappa shape index (κ2) is 4.20. The van der Waals surface area contributed by atoms with Crippen molar-refractivity contribution in [3.05, 3.63) is 28.3 Å². The van der Waals surface area contributed by atoms with Gasteiger partial charge in [-0.2, -0.15) is 0 Å². The lowest BCUT2D eigenvalue weighted by molar-refractivity contribution is -0.148. The first kappa shape index (κ1) is 12.2. The van der Waals surface area contributed by atoms with E-state index in [1.54, 1.807) is 12.1 Å². The minimum atomic E-state index is -1.17. The van der Waals surface area contributed by atoms with Gasteiger partial charge in [0.25, 0.3) is 0 Å². The van der Waals surface area contributed by atoms with Crippen LogP contribution in [0.2, 0.25) is 5.02 Å². The maximum absolute atomic E-state index is 11.8. The molecule has 0 amide bonds. The lowest BCUT2D eigenvalue weighted by atomic mass is 9.84. The number of carbonyl (C=O) groups is 1. The van der Waals surface area contributed by atoms with Crippen LogP contribution in [0.1, 0.15) is 17.5 Å². The molecule has 1 aromatic rings. The zero-order valence-corrected chi connectivity index (χ0v) is 10.5. The van der Waals surface area contributed by atoms with Crippen molar-refractivity contribution in [1.29, 1.82) is 0 Å². The van der Waals surface area contributed by atoms with Gasteiger partial charge in [-0.05, 0) is 24.6 Å². The van der Waals surface area contributed by atoms with Crippen molar-refractivity contribution < 1.29 is 14.3 Å². The summed E-state index contributed by atoms with van der Waals surface area (Å²) in [7, 11) is 1.32. The zero-order chi connectivity index (χ0) is 12.6. The fourth-order valence-electron chi connectivity index (χ4n) is 2.10. The van der Waals surface area contributed by atoms with Crippen LogP contribution >= 0.6 is 11.6 Å². The third-order valence-electron chi connectivity index (χ3n) is 3.01. The predicted octanol–water partition coefficient (Wildman–Crippen LogP) is 1.76. The van der Waals surface area contributed by atoms with Gasteiger partial charge in [0, 0.05) is 17.0 Å². The molecule has 92 valence electrons. The number of halogens is 1. The van der Waals surface area contributed by atoms with Gasteiger partial charge in [0.05, 0.1) is 13.7 Å². The number of nitrogens with two attached hydrogens (primary N) is 1. The van der Waals surface area contributed by atoms with Crippen molar-refractivity contribution in [3.8, 4) is 5.75 Å². The molecule has 0 radical (unpaired) electrons. The zero-order valence-electron chi connectivity index (χ0n) is 9.75. The number of aryl methyl sites for hydroxylation is 1. The van der Waals surface area contributed by atoms with Gasteiger partial charge < -0.3 is 15.2 Å². The number of fused-ring (bicyclic) bond motifs is 1. The summed E-state index contributed by atoms with van der Waals surface area (Å²) >= 11 is 5.99. The van der Waals surface area contributed by atoms with Gasteiger partial charge in [0.1, 0.15) is 11.3 Å². The Balaban J connectivity index is 2.61. The number of hydrogen-bond donors (Lipinski definition) is 1. The fraction of sp³-hybridized carbons (Fsp3) is 0.417. The molecule has 0 aliphatic carbocycles. The molecule has 0 fully saturated rings. The standard InChI is InChI=1S/C12H14ClNO3/c1-7-5-8(13)6-9-10(7)17-4-3-12(9,14)11(15)16-2/h5-6H,3-4,14H2,1-2H3. The second-order valence-corrected chi connectivity index (χ2v) is 4.60. The summed E-state index contributed by atoms with van der Waals surface area (Å²) in [6, 6.07) is 3.45. The van der Waals surface area contributed by atoms with E-state index in [2.05, 4.69) is 0 Å². The average molecular weight is 256 g/mol. The first-order valence-electron chi connectivity index (χ1n) is 5.30. The third-order valence-corrected chi connectivity index (χ3v) is 3.23. The summed E-state index contributed by atoms with van der Waals surface area (Å²) < 4.78 is 10.3. The Bertz CT molecular complexity index is 475. The number of esters is 1. The van der Waals surface area contributed by atoms with E-state index in [4.69, 9.17) is 26.8 Å². The molecule has 1 heterocycles. The summed E-state index contributed by atoms with van der Waals surface area (Å²) in [6.07, 6.45) is 0.381. The first-order valence-corrected chi connectivity index (χ1v) is 5.67. The maximum atomic E-state index is 11.8. The molecule has 5 heteroatoms. The quantitative estimate of drug-likeness (QED) is 0.777. The van der Waals surface area contributed by atoms with E-state index in [0.717, 1.165) is 5.56 Å². The van der Waals surface area contributed by atoms with E-state index in [1.165, 1.54) is 7.11 Å². The fourth-order valence-corrected chi connectivity index (χ4v) is 2.37. The van der Waals surface area contributed by atoms with Crippen LogP contribution < -0.4 is 10.5 Å². The average Bonchev–Trinajstić information content (AvgIpc) is 2.29. The van der Waals surface area contributed by atoms with Crippen LogP contribution in [0.4, 0.5) is 0 Å². The van der Waals surface area contributed by atoms with Gasteiger partial charge in [-0.15, -0.1) is 0 Å². The van der Waals surface area contributed by atoms with E-state index in [-0.39, 0.29) is 0 Å². The first-order chi connectivity index (χ1) is 7.99. The molecule has 1 aliphatic rings. The van der Waals surface area contributed by atoms with Gasteiger partial charge in [0.15, 0.2) is 0 Å². The molecule has 1 aliphatic heterocycles. The molecule has 17 heavy (non-hydrogen) atoms. The molecule has 0 aromatic heterocycles. The molecule has 1 aromatic carbocycles. The van der Waals surface area contributed by atoms with Gasteiger partial charge in [-0.3, -0.25) is 0 Å². The summed E-state index contributed by atoms with van der Waals surface area (Å²) in [4.78, 5) is 11.8. The van der Waals surface area contributed by atoms with Crippen molar-refractivity contribution in [1.82, 2.24) is 0 Å². The highest BCUT2D eigenvalue weighted by Crippen LogP contribution is 2.39. The van der Waals surface area contributed by atoms with Crippen molar-refractivity contribution in [2.75, 3.05) is 13.7 Å². The van der Waals surface area contributed by atoms with Crippen LogP contribution in [-0.4, -0.2) is 19.7 Å². The molecule has 0 saturated carbocycles. The topological polar surface area (TPSA) is 61.5 Å². The predicted molar refractivity (Wildman–Crippen MR) is 64.2 cm³/mol. The highest BCUT2D eigenvalue weighted by Gasteiger charge is 2.42. The number of rotatable bonds is 1. The highest BCUT2D eigenvalue weighted by atomic mass is 35.5. The summed E-state index contributed by atoms with van der Waals surface area (Å²) in [5, 5.41) is 0.533. The second-order valence-electron chi connectivity index (χ2n) is 4.16. The SMILES string of the molecule is COC(=O)C1(N)CCOc2c(C)cc(Cl)cc21. The molecule has 0 saturated heterocycles. The van der Waals surface area contributed by atoms with Crippen LogP contribution in [0, 0.1) is 6.92 Å². The lowest BCUT2D eigenvalue weighted by Crippen LogP contribution is -2.49. The molecular formula is C12H14ClNO3. The van der Waals surface area contributed by atoms with E-state index < -0.39 is 11.5 Å². The van der Waals surface area contributed by atoms with Gasteiger partial charge >= 0.3 is 5.97 Å². The third kappa shape index (κ3) is 1.87. The molecule has 1 unspecified atom stereocenters. The van der Waals surface area contributed by atoms with Crippen LogP contribution in [-0.2, 0) is 15.1 Å². The normalized spacial score (nSPS) is 22.6. The molecule has 2 N–H and O–H groups in total. The van der Waals surface area contributed by atoms with E-state index in [1.807, 2.05) is 6.92 Å². The van der Waals surface area contributed by atoms with E-state index in [9.17, 15) is 4.79 Å². The Labute approximate surface area is 105 Å². The molecule has 2 rings (SSSR count). The summed E-state index contributed by atoms with van der Waals surface area (Å²) in [5.41, 5.74) is 6.45. The number of carbonyl (C=O) groups excluding carboxylic acids is 1. The molecule has 0 spiro atoms. The van der Waals surface area contributed by atoms with E-state index in [0.29, 0.717) is 29.4 Å². The lowest BCUT2D eigenvalue weighted by Gasteiger charge is -2.33. The number of hydrogen-bond acceptors (Lipinski definition) is 4. The van der Waals surface area contributed by atoms with Crippen LogP contribution in [0.5, 0.6) is 5.75 Å². The molecule has 1 atom stereocenters. The Hall–Kier alpha value is -1.26. The maximum Gasteiger partial charge on any atom is 0.330 e. The Morgan fingerprint density at radius 1 is 1.59 bits per heavy atom. The van der Waals surface area contributed by atoms with Gasteiger partial charge in [-0.1, -0.05) is 11.6 Å². The smallest absolute Gasteiger partial charge is 0.330 e. The monoisotopic (exact) mass is 255 g/mol. The van der Waals surface area contributed by atoms with E-state index >= 15 is 0 Å². The van der Waals surface area contributed by atoms with Crippen LogP contribution in [0.25, 0.3) is 0 Å². The minimum Gasteiger partial charge on any atom is -0.493 e. The van der Waals surface area contributed by atoms with Crippen molar-refractivity contribution >= 4 is 17.6 Å². The summed E-state index contributed by atoms with van der Waals surface area (Å²) in [5.74, 6) is 0.164. The molecular weight excluding hydrogens is 242 g/mol. The number of benzene rings is 1. The number of ether oxygens (including phenoxy) is 2. The molecule has 0 bridgehead atoms. The van der Waals surface area contributed by atoms with Crippen molar-refractivity contribution in [2.24, 2.45) is 5.73 Å². The Morgan fingerprint density at radius 3 is 2.94 bits per heavy atom. The van der Waals surface area contributed by atoms with Gasteiger partial charge in [-0.25, -0.2) is 4.79 Å². The number of methoxy groups -OCH3 is 1. The minimum absolute atomic E-state index is 0.381. The summed E-state index contributed by atoms with van der Waals surface area (Å²) in [6.45, 7) is 2.26. The van der Waals surface area contributed by atoms with Crippen LogP contribution in [0.3, 0.4) is 0 Å². The molecule has 4 nitrogen and oxygen atoms in total. The Kier molecular flexibility index (Phi) is 3.02. The van der Waals surface area contributed by atoms with Gasteiger partial charge in [0.2, 0.25) is 0 Å². The highest BCUT2D eigenvalue weighted by molar-refractivity contribution is 6.30. The van der Waals surface area contributed by atoms with Crippen molar-refractivity contribution in [2.45, 2.75) is 18.9 Å². The Morgan fingerprint density at radius 2 is 2.29 bits per heavy atom. The largest absolute Gasteiger partial charge is 0.493 e. The van der Waals surface area contributed by atoms with Crippen LogP contribution in [0.15, 0.2) is 12.1 Å².